The molecule has 0 aromatic heterocycles. The second kappa shape index (κ2) is 7.46. The SMILES string of the molecule is COc1ccc(Cl)cc1CN(C)C(=O)[C@@H](C)N.Cl. The predicted molar refractivity (Wildman–Crippen MR) is 75.4 cm³/mol. The highest BCUT2D eigenvalue weighted by molar-refractivity contribution is 6.30. The molecule has 18 heavy (non-hydrogen) atoms. The van der Waals surface area contributed by atoms with Crippen molar-refractivity contribution in [1.82, 2.24) is 4.90 Å². The number of amides is 1. The van der Waals surface area contributed by atoms with E-state index >= 15 is 0 Å². The van der Waals surface area contributed by atoms with E-state index in [1.807, 2.05) is 0 Å². The third kappa shape index (κ3) is 4.37. The van der Waals surface area contributed by atoms with Crippen molar-refractivity contribution < 1.29 is 9.53 Å². The third-order valence-electron chi connectivity index (χ3n) is 2.42. The second-order valence-corrected chi connectivity index (χ2v) is 4.38. The van der Waals surface area contributed by atoms with Crippen LogP contribution in [-0.4, -0.2) is 31.0 Å². The number of rotatable bonds is 4. The third-order valence-corrected chi connectivity index (χ3v) is 2.65. The van der Waals surface area contributed by atoms with Crippen LogP contribution in [0.3, 0.4) is 0 Å². The van der Waals surface area contributed by atoms with Gasteiger partial charge in [-0.15, -0.1) is 12.4 Å². The summed E-state index contributed by atoms with van der Waals surface area (Å²) in [5.74, 6) is 0.589. The summed E-state index contributed by atoms with van der Waals surface area (Å²) >= 11 is 5.92. The standard InChI is InChI=1S/C12H17ClN2O2.ClH/c1-8(14)12(16)15(2)7-9-6-10(13)4-5-11(9)17-3;/h4-6,8H,7,14H2,1-3H3;1H/t8-;/m1./s1. The average Bonchev–Trinajstić information content (AvgIpc) is 2.28. The van der Waals surface area contributed by atoms with Crippen molar-refractivity contribution in [2.75, 3.05) is 14.2 Å². The lowest BCUT2D eigenvalue weighted by atomic mass is 10.2. The Morgan fingerprint density at radius 1 is 1.56 bits per heavy atom. The number of hydrogen-bond acceptors (Lipinski definition) is 3. The molecule has 102 valence electrons. The van der Waals surface area contributed by atoms with Gasteiger partial charge in [-0.25, -0.2) is 0 Å². The maximum atomic E-state index is 11.7. The Morgan fingerprint density at radius 2 is 2.17 bits per heavy atom. The number of ether oxygens (including phenoxy) is 1. The zero-order valence-electron chi connectivity index (χ0n) is 10.6. The van der Waals surface area contributed by atoms with Crippen LogP contribution in [0, 0.1) is 0 Å². The summed E-state index contributed by atoms with van der Waals surface area (Å²) in [5.41, 5.74) is 6.40. The zero-order chi connectivity index (χ0) is 13.0. The summed E-state index contributed by atoms with van der Waals surface area (Å²) in [5, 5.41) is 0.613. The summed E-state index contributed by atoms with van der Waals surface area (Å²) in [6, 6.07) is 4.80. The molecule has 1 atom stereocenters. The number of carbonyl (C=O) groups is 1. The van der Waals surface area contributed by atoms with Crippen molar-refractivity contribution in [1.29, 1.82) is 0 Å². The Balaban J connectivity index is 0.00000289. The highest BCUT2D eigenvalue weighted by Gasteiger charge is 2.15. The first-order valence-corrected chi connectivity index (χ1v) is 5.66. The number of nitrogens with two attached hydrogens (primary N) is 1. The molecule has 0 aliphatic carbocycles. The van der Waals surface area contributed by atoms with Gasteiger partial charge < -0.3 is 15.4 Å². The highest BCUT2D eigenvalue weighted by atomic mass is 35.5. The van der Waals surface area contributed by atoms with Crippen LogP contribution in [0.2, 0.25) is 5.02 Å². The molecule has 0 fully saturated rings. The maximum absolute atomic E-state index is 11.7. The first kappa shape index (κ1) is 17.0. The molecule has 1 rings (SSSR count). The van der Waals surface area contributed by atoms with E-state index in [0.717, 1.165) is 5.56 Å². The van der Waals surface area contributed by atoms with Gasteiger partial charge in [0, 0.05) is 24.2 Å². The van der Waals surface area contributed by atoms with Gasteiger partial charge in [-0.2, -0.15) is 0 Å². The maximum Gasteiger partial charge on any atom is 0.239 e. The summed E-state index contributed by atoms with van der Waals surface area (Å²) < 4.78 is 5.21. The molecule has 0 saturated carbocycles. The Bertz CT molecular complexity index is 411. The lowest BCUT2D eigenvalue weighted by Gasteiger charge is -2.20. The molecule has 4 nitrogen and oxygen atoms in total. The molecule has 2 N–H and O–H groups in total. The Labute approximate surface area is 118 Å². The molecule has 1 amide bonds. The van der Waals surface area contributed by atoms with E-state index < -0.39 is 6.04 Å². The van der Waals surface area contributed by atoms with Crippen LogP contribution in [0.15, 0.2) is 18.2 Å². The second-order valence-electron chi connectivity index (χ2n) is 3.94. The van der Waals surface area contributed by atoms with Crippen molar-refractivity contribution in [2.24, 2.45) is 5.73 Å². The van der Waals surface area contributed by atoms with Crippen molar-refractivity contribution in [3.8, 4) is 5.75 Å². The number of likely N-dealkylation sites (N-methyl/N-ethyl adjacent to an activating group) is 1. The van der Waals surface area contributed by atoms with Gasteiger partial charge in [0.25, 0.3) is 0 Å². The normalized spacial score (nSPS) is 11.4. The van der Waals surface area contributed by atoms with Crippen LogP contribution in [-0.2, 0) is 11.3 Å². The number of nitrogens with zero attached hydrogens (tertiary/aromatic N) is 1. The van der Waals surface area contributed by atoms with E-state index in [0.29, 0.717) is 17.3 Å². The van der Waals surface area contributed by atoms with E-state index in [1.54, 1.807) is 44.2 Å². The minimum atomic E-state index is -0.509. The van der Waals surface area contributed by atoms with E-state index in [-0.39, 0.29) is 18.3 Å². The topological polar surface area (TPSA) is 55.6 Å². The van der Waals surface area contributed by atoms with Crippen molar-refractivity contribution in [3.63, 3.8) is 0 Å². The average molecular weight is 293 g/mol. The van der Waals surface area contributed by atoms with Gasteiger partial charge in [0.1, 0.15) is 5.75 Å². The molecule has 0 aliphatic rings. The molecular formula is C12H18Cl2N2O2. The quantitative estimate of drug-likeness (QED) is 0.924. The number of hydrogen-bond donors (Lipinski definition) is 1. The van der Waals surface area contributed by atoms with E-state index in [2.05, 4.69) is 0 Å². The van der Waals surface area contributed by atoms with Gasteiger partial charge in [-0.1, -0.05) is 11.6 Å². The van der Waals surface area contributed by atoms with Crippen LogP contribution < -0.4 is 10.5 Å². The lowest BCUT2D eigenvalue weighted by Crippen LogP contribution is -2.39. The fraction of sp³-hybridized carbons (Fsp3) is 0.417. The molecular weight excluding hydrogens is 275 g/mol. The highest BCUT2D eigenvalue weighted by Crippen LogP contribution is 2.23. The summed E-state index contributed by atoms with van der Waals surface area (Å²) in [6.07, 6.45) is 0. The number of halogens is 2. The lowest BCUT2D eigenvalue weighted by molar-refractivity contribution is -0.131. The van der Waals surface area contributed by atoms with Crippen LogP contribution >= 0.6 is 24.0 Å². The van der Waals surface area contributed by atoms with Crippen molar-refractivity contribution in [3.05, 3.63) is 28.8 Å². The van der Waals surface area contributed by atoms with Gasteiger partial charge >= 0.3 is 0 Å². The molecule has 1 aromatic rings. The Morgan fingerprint density at radius 3 is 2.67 bits per heavy atom. The zero-order valence-corrected chi connectivity index (χ0v) is 12.2. The molecule has 0 bridgehead atoms. The monoisotopic (exact) mass is 292 g/mol. The van der Waals surface area contributed by atoms with Gasteiger partial charge in [0.2, 0.25) is 5.91 Å². The minimum Gasteiger partial charge on any atom is -0.496 e. The fourth-order valence-corrected chi connectivity index (χ4v) is 1.75. The molecule has 0 saturated heterocycles. The van der Waals surface area contributed by atoms with Gasteiger partial charge in [0.05, 0.1) is 13.2 Å². The van der Waals surface area contributed by atoms with Crippen molar-refractivity contribution in [2.45, 2.75) is 19.5 Å². The first-order chi connectivity index (χ1) is 7.95. The number of benzene rings is 1. The summed E-state index contributed by atoms with van der Waals surface area (Å²) in [7, 11) is 3.28. The predicted octanol–water partition coefficient (Wildman–Crippen LogP) is 2.08. The Hall–Kier alpha value is -0.970. The molecule has 0 heterocycles. The largest absolute Gasteiger partial charge is 0.496 e. The molecule has 6 heteroatoms. The number of methoxy groups -OCH3 is 1. The minimum absolute atomic E-state index is 0. The number of carbonyl (C=O) groups excluding carboxylic acids is 1. The Kier molecular flexibility index (Phi) is 7.06. The van der Waals surface area contributed by atoms with Gasteiger partial charge in [-0.3, -0.25) is 4.79 Å². The van der Waals surface area contributed by atoms with E-state index in [9.17, 15) is 4.79 Å². The molecule has 0 spiro atoms. The van der Waals surface area contributed by atoms with Crippen LogP contribution in [0.1, 0.15) is 12.5 Å². The summed E-state index contributed by atoms with van der Waals surface area (Å²) in [6.45, 7) is 2.08. The molecule has 1 aromatic carbocycles. The first-order valence-electron chi connectivity index (χ1n) is 5.28. The van der Waals surface area contributed by atoms with E-state index in [4.69, 9.17) is 22.1 Å². The van der Waals surface area contributed by atoms with Crippen LogP contribution in [0.25, 0.3) is 0 Å². The van der Waals surface area contributed by atoms with Crippen LogP contribution in [0.5, 0.6) is 5.75 Å². The van der Waals surface area contributed by atoms with Gasteiger partial charge in [-0.05, 0) is 25.1 Å². The van der Waals surface area contributed by atoms with Crippen molar-refractivity contribution >= 4 is 29.9 Å². The summed E-state index contributed by atoms with van der Waals surface area (Å²) in [4.78, 5) is 13.2. The molecule has 0 radical (unpaired) electrons. The van der Waals surface area contributed by atoms with Gasteiger partial charge in [0.15, 0.2) is 0 Å². The molecule has 0 aliphatic heterocycles. The molecule has 0 unspecified atom stereocenters. The fourth-order valence-electron chi connectivity index (χ4n) is 1.55. The van der Waals surface area contributed by atoms with E-state index in [1.165, 1.54) is 0 Å². The van der Waals surface area contributed by atoms with Crippen LogP contribution in [0.4, 0.5) is 0 Å². The smallest absolute Gasteiger partial charge is 0.239 e.